The van der Waals surface area contributed by atoms with Crippen molar-refractivity contribution in [2.75, 3.05) is 5.73 Å². The first-order valence-electron chi connectivity index (χ1n) is 7.14. The number of aromatic nitrogens is 4. The molecule has 120 valence electrons. The summed E-state index contributed by atoms with van der Waals surface area (Å²) in [5, 5.41) is 24.5. The van der Waals surface area contributed by atoms with Gasteiger partial charge in [-0.25, -0.2) is 4.98 Å². The van der Waals surface area contributed by atoms with Crippen molar-refractivity contribution in [3.63, 3.8) is 0 Å². The molecule has 0 saturated heterocycles. The molecular formula is C16H12BrN5O2. The summed E-state index contributed by atoms with van der Waals surface area (Å²) in [7, 11) is 0. The number of para-hydroxylation sites is 1. The van der Waals surface area contributed by atoms with Crippen molar-refractivity contribution in [1.29, 1.82) is 0 Å². The van der Waals surface area contributed by atoms with Crippen LogP contribution in [0.4, 0.5) is 5.95 Å². The highest BCUT2D eigenvalue weighted by Crippen LogP contribution is 2.36. The number of aromatic hydroxyl groups is 2. The van der Waals surface area contributed by atoms with Gasteiger partial charge in [0.2, 0.25) is 5.95 Å². The second kappa shape index (κ2) is 5.34. The van der Waals surface area contributed by atoms with Crippen molar-refractivity contribution in [2.24, 2.45) is 0 Å². The summed E-state index contributed by atoms with van der Waals surface area (Å²) < 4.78 is 2.02. The minimum absolute atomic E-state index is 0.169. The van der Waals surface area contributed by atoms with Crippen LogP contribution in [0, 0.1) is 0 Å². The standard InChI is InChI=1S/C16H12BrN5O2/c17-13-8(5-6-11(23)14(13)24)7-12-19-10-4-2-1-3-9(10)15-20-16(18)21-22(12)15/h1-6,23-24H,7H2,(H2,18,21). The number of benzene rings is 2. The van der Waals surface area contributed by atoms with Gasteiger partial charge in [-0.05, 0) is 39.7 Å². The molecule has 0 aliphatic heterocycles. The molecule has 0 aliphatic rings. The molecule has 4 rings (SSSR count). The first-order valence-corrected chi connectivity index (χ1v) is 7.93. The summed E-state index contributed by atoms with van der Waals surface area (Å²) >= 11 is 3.30. The summed E-state index contributed by atoms with van der Waals surface area (Å²) in [4.78, 5) is 8.93. The van der Waals surface area contributed by atoms with Crippen LogP contribution >= 0.6 is 15.9 Å². The SMILES string of the molecule is Nc1nc2c3ccccc3nc(Cc3ccc(O)c(O)c3Br)n2n1. The molecular weight excluding hydrogens is 374 g/mol. The lowest BCUT2D eigenvalue weighted by Crippen LogP contribution is -2.05. The van der Waals surface area contributed by atoms with E-state index in [1.54, 1.807) is 10.6 Å². The number of nitrogen functional groups attached to an aromatic ring is 1. The van der Waals surface area contributed by atoms with E-state index in [4.69, 9.17) is 5.73 Å². The molecule has 0 fully saturated rings. The molecule has 7 nitrogen and oxygen atoms in total. The van der Waals surface area contributed by atoms with Crippen molar-refractivity contribution < 1.29 is 10.2 Å². The highest BCUT2D eigenvalue weighted by atomic mass is 79.9. The minimum Gasteiger partial charge on any atom is -0.504 e. The van der Waals surface area contributed by atoms with Gasteiger partial charge in [-0.2, -0.15) is 9.50 Å². The van der Waals surface area contributed by atoms with Gasteiger partial charge in [0.05, 0.1) is 9.99 Å². The third-order valence-electron chi connectivity index (χ3n) is 3.79. The van der Waals surface area contributed by atoms with Crippen LogP contribution < -0.4 is 5.73 Å². The Morgan fingerprint density at radius 3 is 2.71 bits per heavy atom. The van der Waals surface area contributed by atoms with Crippen LogP contribution in [0.1, 0.15) is 11.4 Å². The number of fused-ring (bicyclic) bond motifs is 3. The summed E-state index contributed by atoms with van der Waals surface area (Å²) in [5.41, 5.74) is 7.93. The van der Waals surface area contributed by atoms with Gasteiger partial charge in [0, 0.05) is 11.8 Å². The molecule has 0 spiro atoms. The zero-order valence-electron chi connectivity index (χ0n) is 12.3. The largest absolute Gasteiger partial charge is 0.504 e. The van der Waals surface area contributed by atoms with E-state index in [1.807, 2.05) is 24.3 Å². The van der Waals surface area contributed by atoms with Crippen LogP contribution in [0.25, 0.3) is 16.6 Å². The third kappa shape index (κ3) is 2.23. The molecule has 0 amide bonds. The Bertz CT molecular complexity index is 1090. The Kier molecular flexibility index (Phi) is 3.27. The molecule has 4 aromatic rings. The highest BCUT2D eigenvalue weighted by Gasteiger charge is 2.16. The lowest BCUT2D eigenvalue weighted by atomic mass is 10.1. The summed E-state index contributed by atoms with van der Waals surface area (Å²) in [6, 6.07) is 10.8. The lowest BCUT2D eigenvalue weighted by Gasteiger charge is -2.09. The van der Waals surface area contributed by atoms with E-state index >= 15 is 0 Å². The van der Waals surface area contributed by atoms with Crippen LogP contribution in [0.2, 0.25) is 0 Å². The van der Waals surface area contributed by atoms with E-state index in [9.17, 15) is 10.2 Å². The smallest absolute Gasteiger partial charge is 0.240 e. The summed E-state index contributed by atoms with van der Waals surface area (Å²) in [5.74, 6) is 0.399. The van der Waals surface area contributed by atoms with Crippen molar-refractivity contribution in [1.82, 2.24) is 19.6 Å². The van der Waals surface area contributed by atoms with Gasteiger partial charge in [-0.3, -0.25) is 0 Å². The predicted octanol–water partition coefficient (Wildman–Crippen LogP) is 2.62. The molecule has 0 saturated carbocycles. The van der Waals surface area contributed by atoms with Gasteiger partial charge < -0.3 is 15.9 Å². The molecule has 0 atom stereocenters. The minimum atomic E-state index is -0.206. The number of anilines is 1. The molecule has 2 heterocycles. The molecule has 24 heavy (non-hydrogen) atoms. The van der Waals surface area contributed by atoms with E-state index < -0.39 is 0 Å². The van der Waals surface area contributed by atoms with Crippen LogP contribution in [0.3, 0.4) is 0 Å². The Morgan fingerprint density at radius 1 is 1.08 bits per heavy atom. The maximum atomic E-state index is 9.88. The normalized spacial score (nSPS) is 11.4. The molecule has 4 N–H and O–H groups in total. The second-order valence-electron chi connectivity index (χ2n) is 5.33. The van der Waals surface area contributed by atoms with Gasteiger partial charge in [-0.1, -0.05) is 18.2 Å². The quantitative estimate of drug-likeness (QED) is 0.457. The van der Waals surface area contributed by atoms with E-state index in [1.165, 1.54) is 6.07 Å². The molecule has 0 radical (unpaired) electrons. The zero-order valence-corrected chi connectivity index (χ0v) is 13.9. The van der Waals surface area contributed by atoms with Crippen LogP contribution in [-0.2, 0) is 6.42 Å². The van der Waals surface area contributed by atoms with E-state index in [0.717, 1.165) is 16.5 Å². The number of rotatable bonds is 2. The summed E-state index contributed by atoms with van der Waals surface area (Å²) in [6.07, 6.45) is 0.374. The maximum absolute atomic E-state index is 9.88. The summed E-state index contributed by atoms with van der Waals surface area (Å²) in [6.45, 7) is 0. The number of phenolic OH excluding ortho intramolecular Hbond substituents is 2. The highest BCUT2D eigenvalue weighted by molar-refractivity contribution is 9.10. The fraction of sp³-hybridized carbons (Fsp3) is 0.0625. The lowest BCUT2D eigenvalue weighted by molar-refractivity contribution is 0.401. The number of halogens is 1. The van der Waals surface area contributed by atoms with Crippen molar-refractivity contribution in [3.05, 3.63) is 52.3 Å². The number of nitrogens with zero attached hydrogens (tertiary/aromatic N) is 4. The number of phenols is 2. The molecule has 2 aromatic carbocycles. The Hall–Kier alpha value is -2.87. The Balaban J connectivity index is 1.94. The average Bonchev–Trinajstić information content (AvgIpc) is 2.97. The van der Waals surface area contributed by atoms with Crippen molar-refractivity contribution >= 4 is 38.4 Å². The molecule has 2 aromatic heterocycles. The van der Waals surface area contributed by atoms with Crippen LogP contribution in [0.15, 0.2) is 40.9 Å². The van der Waals surface area contributed by atoms with Crippen LogP contribution in [-0.4, -0.2) is 29.8 Å². The first-order chi connectivity index (χ1) is 11.5. The Morgan fingerprint density at radius 2 is 1.88 bits per heavy atom. The first kappa shape index (κ1) is 14.7. The van der Waals surface area contributed by atoms with Crippen molar-refractivity contribution in [3.8, 4) is 11.5 Å². The van der Waals surface area contributed by atoms with Gasteiger partial charge in [0.15, 0.2) is 17.1 Å². The zero-order chi connectivity index (χ0) is 16.8. The number of nitrogens with two attached hydrogens (primary N) is 1. The van der Waals surface area contributed by atoms with E-state index in [-0.39, 0.29) is 17.4 Å². The van der Waals surface area contributed by atoms with Crippen LogP contribution in [0.5, 0.6) is 11.5 Å². The fourth-order valence-corrected chi connectivity index (χ4v) is 3.12. The van der Waals surface area contributed by atoms with E-state index in [0.29, 0.717) is 22.4 Å². The fourth-order valence-electron chi connectivity index (χ4n) is 2.65. The topological polar surface area (TPSA) is 110 Å². The molecule has 0 aliphatic carbocycles. The van der Waals surface area contributed by atoms with E-state index in [2.05, 4.69) is 31.0 Å². The van der Waals surface area contributed by atoms with Crippen molar-refractivity contribution in [2.45, 2.75) is 6.42 Å². The van der Waals surface area contributed by atoms with Gasteiger partial charge in [0.25, 0.3) is 0 Å². The number of hydrogen-bond donors (Lipinski definition) is 3. The Labute approximate surface area is 144 Å². The maximum Gasteiger partial charge on any atom is 0.240 e. The molecule has 0 unspecified atom stereocenters. The monoisotopic (exact) mass is 385 g/mol. The molecule has 8 heteroatoms. The predicted molar refractivity (Wildman–Crippen MR) is 93.0 cm³/mol. The number of hydrogen-bond acceptors (Lipinski definition) is 6. The second-order valence-corrected chi connectivity index (χ2v) is 6.13. The van der Waals surface area contributed by atoms with Gasteiger partial charge >= 0.3 is 0 Å². The molecule has 0 bridgehead atoms. The average molecular weight is 386 g/mol. The van der Waals surface area contributed by atoms with Gasteiger partial charge in [0.1, 0.15) is 5.82 Å². The third-order valence-corrected chi connectivity index (χ3v) is 4.67. The van der Waals surface area contributed by atoms with Gasteiger partial charge in [-0.15, -0.1) is 5.10 Å².